The van der Waals surface area contributed by atoms with E-state index in [1.54, 1.807) is 0 Å². The van der Waals surface area contributed by atoms with Crippen molar-refractivity contribution in [2.75, 3.05) is 6.61 Å². The molecule has 2 rings (SSSR count). The van der Waals surface area contributed by atoms with Gasteiger partial charge in [-0.15, -0.1) is 0 Å². The highest BCUT2D eigenvalue weighted by atomic mass is 16.5. The van der Waals surface area contributed by atoms with Crippen LogP contribution in [0.5, 0.6) is 5.75 Å². The topological polar surface area (TPSA) is 9.23 Å². The van der Waals surface area contributed by atoms with E-state index in [1.165, 1.54) is 41.5 Å². The van der Waals surface area contributed by atoms with Gasteiger partial charge in [0, 0.05) is 5.41 Å². The van der Waals surface area contributed by atoms with E-state index in [0.29, 0.717) is 5.41 Å². The third-order valence-corrected chi connectivity index (χ3v) is 5.60. The number of benzene rings is 2. The van der Waals surface area contributed by atoms with Crippen molar-refractivity contribution in [1.29, 1.82) is 0 Å². The highest BCUT2D eigenvalue weighted by Gasteiger charge is 2.24. The van der Waals surface area contributed by atoms with Crippen molar-refractivity contribution >= 4 is 0 Å². The number of ether oxygens (including phenoxy) is 1. The molecule has 0 aliphatic heterocycles. The van der Waals surface area contributed by atoms with Gasteiger partial charge in [-0.2, -0.15) is 0 Å². The van der Waals surface area contributed by atoms with Crippen LogP contribution in [0.1, 0.15) is 58.1 Å². The van der Waals surface area contributed by atoms with E-state index in [9.17, 15) is 0 Å². The molecule has 0 radical (unpaired) electrons. The van der Waals surface area contributed by atoms with Gasteiger partial charge >= 0.3 is 0 Å². The molecule has 2 aromatic carbocycles. The second-order valence-corrected chi connectivity index (χ2v) is 6.89. The summed E-state index contributed by atoms with van der Waals surface area (Å²) >= 11 is 0. The van der Waals surface area contributed by atoms with Gasteiger partial charge in [0.05, 0.1) is 6.61 Å². The number of hydrogen-bond acceptors (Lipinski definition) is 1. The fraction of sp³-hybridized carbons (Fsp3) is 0.478. The molecule has 0 unspecified atom stereocenters. The first-order valence-corrected chi connectivity index (χ1v) is 9.40. The van der Waals surface area contributed by atoms with Gasteiger partial charge in [-0.05, 0) is 61.4 Å². The second kappa shape index (κ2) is 8.37. The van der Waals surface area contributed by atoms with Crippen LogP contribution in [0.3, 0.4) is 0 Å². The molecule has 0 saturated heterocycles. The highest BCUT2D eigenvalue weighted by molar-refractivity contribution is 5.68. The van der Waals surface area contributed by atoms with Crippen LogP contribution in [0.25, 0.3) is 11.1 Å². The van der Waals surface area contributed by atoms with Crippen LogP contribution in [-0.4, -0.2) is 6.61 Å². The number of hydrogen-bond donors (Lipinski definition) is 0. The predicted molar refractivity (Wildman–Crippen MR) is 105 cm³/mol. The maximum absolute atomic E-state index is 6.11. The number of rotatable bonds is 8. The average Bonchev–Trinajstić information content (AvgIpc) is 2.64. The molecule has 0 N–H and O–H groups in total. The monoisotopic (exact) mass is 324 g/mol. The molecule has 0 spiro atoms. The fourth-order valence-electron chi connectivity index (χ4n) is 3.32. The van der Waals surface area contributed by atoms with Gasteiger partial charge in [0.2, 0.25) is 0 Å². The van der Waals surface area contributed by atoms with Gasteiger partial charge in [-0.25, -0.2) is 0 Å². The summed E-state index contributed by atoms with van der Waals surface area (Å²) in [5, 5.41) is 0. The van der Waals surface area contributed by atoms with Crippen LogP contribution in [0, 0.1) is 12.3 Å². The van der Waals surface area contributed by atoms with Gasteiger partial charge in [-0.3, -0.25) is 0 Å². The van der Waals surface area contributed by atoms with E-state index in [4.69, 9.17) is 4.74 Å². The molecule has 0 saturated carbocycles. The van der Waals surface area contributed by atoms with Crippen LogP contribution < -0.4 is 4.74 Å². The normalized spacial score (nSPS) is 11.5. The fourth-order valence-corrected chi connectivity index (χ4v) is 3.32. The van der Waals surface area contributed by atoms with Gasteiger partial charge in [0.25, 0.3) is 0 Å². The van der Waals surface area contributed by atoms with Crippen molar-refractivity contribution in [1.82, 2.24) is 0 Å². The second-order valence-electron chi connectivity index (χ2n) is 6.89. The van der Waals surface area contributed by atoms with E-state index in [2.05, 4.69) is 77.1 Å². The Morgan fingerprint density at radius 2 is 1.46 bits per heavy atom. The third kappa shape index (κ3) is 4.20. The molecule has 1 nitrogen and oxygen atoms in total. The predicted octanol–water partition coefficient (Wildman–Crippen LogP) is 6.82. The summed E-state index contributed by atoms with van der Waals surface area (Å²) < 4.78 is 6.11. The van der Waals surface area contributed by atoms with Crippen molar-refractivity contribution in [2.45, 2.75) is 60.3 Å². The molecule has 2 aromatic rings. The first kappa shape index (κ1) is 18.6. The van der Waals surface area contributed by atoms with Crippen LogP contribution in [-0.2, 0) is 6.42 Å². The summed E-state index contributed by atoms with van der Waals surface area (Å²) in [7, 11) is 0. The van der Waals surface area contributed by atoms with Crippen molar-refractivity contribution in [2.24, 2.45) is 5.41 Å². The largest absolute Gasteiger partial charge is 0.493 e. The Hall–Kier alpha value is -1.76. The van der Waals surface area contributed by atoms with E-state index in [1.807, 2.05) is 0 Å². The zero-order valence-corrected chi connectivity index (χ0v) is 16.0. The molecule has 130 valence electrons. The molecule has 0 fully saturated rings. The minimum atomic E-state index is 0.311. The molecule has 0 heterocycles. The molecule has 1 heteroatoms. The zero-order valence-electron chi connectivity index (χ0n) is 16.0. The Balaban J connectivity index is 2.14. The van der Waals surface area contributed by atoms with E-state index < -0.39 is 0 Å². The van der Waals surface area contributed by atoms with Crippen LogP contribution >= 0.6 is 0 Å². The van der Waals surface area contributed by atoms with Gasteiger partial charge < -0.3 is 4.74 Å². The zero-order chi connectivity index (χ0) is 17.6. The maximum atomic E-state index is 6.11. The summed E-state index contributed by atoms with van der Waals surface area (Å²) in [5.74, 6) is 0.976. The van der Waals surface area contributed by atoms with Crippen LogP contribution in [0.4, 0.5) is 0 Å². The van der Waals surface area contributed by atoms with Crippen molar-refractivity contribution < 1.29 is 4.74 Å². The molecule has 0 aliphatic carbocycles. The lowest BCUT2D eigenvalue weighted by atomic mass is 9.81. The lowest BCUT2D eigenvalue weighted by Gasteiger charge is -2.30. The summed E-state index contributed by atoms with van der Waals surface area (Å²) in [6.45, 7) is 12.0. The summed E-state index contributed by atoms with van der Waals surface area (Å²) in [5.41, 5.74) is 5.65. The van der Waals surface area contributed by atoms with Gasteiger partial charge in [-0.1, -0.05) is 63.6 Å². The van der Waals surface area contributed by atoms with E-state index >= 15 is 0 Å². The van der Waals surface area contributed by atoms with Crippen molar-refractivity contribution in [3.63, 3.8) is 0 Å². The van der Waals surface area contributed by atoms with E-state index in [-0.39, 0.29) is 0 Å². The van der Waals surface area contributed by atoms with Crippen molar-refractivity contribution in [3.8, 4) is 16.9 Å². The first-order valence-electron chi connectivity index (χ1n) is 9.40. The lowest BCUT2D eigenvalue weighted by molar-refractivity contribution is 0.128. The molecule has 0 aromatic heterocycles. The van der Waals surface area contributed by atoms with Crippen LogP contribution in [0.15, 0.2) is 42.5 Å². The lowest BCUT2D eigenvalue weighted by Crippen LogP contribution is -2.26. The standard InChI is InChI=1S/C23H32O/c1-6-19-16-18(5)10-15-22(19)20-11-13-21(14-12-20)24-17-23(7-2,8-3)9-4/h10-16H,6-9,17H2,1-5H3. The molecule has 0 amide bonds. The van der Waals surface area contributed by atoms with Crippen molar-refractivity contribution in [3.05, 3.63) is 53.6 Å². The first-order chi connectivity index (χ1) is 11.6. The molecule has 0 bridgehead atoms. The summed E-state index contributed by atoms with van der Waals surface area (Å²) in [6, 6.07) is 15.3. The minimum absolute atomic E-state index is 0.311. The average molecular weight is 325 g/mol. The Kier molecular flexibility index (Phi) is 6.48. The highest BCUT2D eigenvalue weighted by Crippen LogP contribution is 2.32. The van der Waals surface area contributed by atoms with Gasteiger partial charge in [0.15, 0.2) is 0 Å². The molecule has 0 aliphatic rings. The smallest absolute Gasteiger partial charge is 0.119 e. The van der Waals surface area contributed by atoms with Crippen LogP contribution in [0.2, 0.25) is 0 Å². The maximum Gasteiger partial charge on any atom is 0.119 e. The molecule has 24 heavy (non-hydrogen) atoms. The third-order valence-electron chi connectivity index (χ3n) is 5.60. The Bertz CT molecular complexity index is 627. The Labute approximate surface area is 148 Å². The summed E-state index contributed by atoms with van der Waals surface area (Å²) in [4.78, 5) is 0. The minimum Gasteiger partial charge on any atom is -0.493 e. The Morgan fingerprint density at radius 1 is 0.833 bits per heavy atom. The number of aryl methyl sites for hydroxylation is 2. The molecular formula is C23H32O. The SMILES string of the molecule is CCc1cc(C)ccc1-c1ccc(OCC(CC)(CC)CC)cc1. The quantitative estimate of drug-likeness (QED) is 0.517. The van der Waals surface area contributed by atoms with Gasteiger partial charge in [0.1, 0.15) is 5.75 Å². The molecule has 0 atom stereocenters. The van der Waals surface area contributed by atoms with E-state index in [0.717, 1.165) is 18.8 Å². The Morgan fingerprint density at radius 3 is 2.00 bits per heavy atom. The summed E-state index contributed by atoms with van der Waals surface area (Å²) in [6.07, 6.45) is 4.56. The molecular weight excluding hydrogens is 292 g/mol.